The highest BCUT2D eigenvalue weighted by atomic mass is 16.5. The Morgan fingerprint density at radius 1 is 1.20 bits per heavy atom. The number of methoxy groups -OCH3 is 1. The molecule has 3 N–H and O–H groups in total. The average molecular weight is 337 g/mol. The Morgan fingerprint density at radius 3 is 2.76 bits per heavy atom. The Labute approximate surface area is 145 Å². The topological polar surface area (TPSA) is 103 Å². The molecule has 7 nitrogen and oxygen atoms in total. The van der Waals surface area contributed by atoms with Gasteiger partial charge in [0.1, 0.15) is 5.69 Å². The van der Waals surface area contributed by atoms with Crippen molar-refractivity contribution < 1.29 is 9.53 Å². The van der Waals surface area contributed by atoms with E-state index in [4.69, 9.17) is 10.5 Å². The average Bonchev–Trinajstić information content (AvgIpc) is 2.66. The highest BCUT2D eigenvalue weighted by molar-refractivity contribution is 6.09. The van der Waals surface area contributed by atoms with Crippen molar-refractivity contribution in [2.24, 2.45) is 0 Å². The number of anilines is 1. The second kappa shape index (κ2) is 7.12. The molecule has 0 fully saturated rings. The van der Waals surface area contributed by atoms with E-state index in [-0.39, 0.29) is 11.6 Å². The molecule has 1 amide bonds. The molecule has 0 spiro atoms. The molecule has 128 valence electrons. The van der Waals surface area contributed by atoms with Gasteiger partial charge in [-0.05, 0) is 6.42 Å². The van der Waals surface area contributed by atoms with Crippen LogP contribution in [0.25, 0.3) is 22.0 Å². The Bertz CT molecular complexity index is 926. The lowest BCUT2D eigenvalue weighted by Gasteiger charge is -2.12. The first kappa shape index (κ1) is 16.6. The van der Waals surface area contributed by atoms with E-state index in [1.807, 2.05) is 25.1 Å². The van der Waals surface area contributed by atoms with Gasteiger partial charge in [0.25, 0.3) is 5.91 Å². The highest BCUT2D eigenvalue weighted by Crippen LogP contribution is 2.34. The van der Waals surface area contributed by atoms with Crippen LogP contribution in [0.4, 0.5) is 5.69 Å². The van der Waals surface area contributed by atoms with Gasteiger partial charge in [-0.25, -0.2) is 15.0 Å². The molecule has 3 aromatic rings. The van der Waals surface area contributed by atoms with Crippen LogP contribution in [0.3, 0.4) is 0 Å². The number of amides is 1. The van der Waals surface area contributed by atoms with Crippen molar-refractivity contribution in [2.75, 3.05) is 19.4 Å². The molecule has 1 aromatic carbocycles. The van der Waals surface area contributed by atoms with Crippen molar-refractivity contribution in [1.82, 2.24) is 20.3 Å². The molecule has 0 unspecified atom stereocenters. The van der Waals surface area contributed by atoms with Gasteiger partial charge < -0.3 is 15.8 Å². The summed E-state index contributed by atoms with van der Waals surface area (Å²) in [5, 5.41) is 4.32. The van der Waals surface area contributed by atoms with Crippen molar-refractivity contribution in [3.05, 3.63) is 42.5 Å². The summed E-state index contributed by atoms with van der Waals surface area (Å²) in [6.45, 7) is 2.56. The molecule has 0 saturated carbocycles. The number of fused-ring (bicyclic) bond motifs is 1. The lowest BCUT2D eigenvalue weighted by atomic mass is 10.0. The van der Waals surface area contributed by atoms with Crippen molar-refractivity contribution in [1.29, 1.82) is 0 Å². The van der Waals surface area contributed by atoms with Gasteiger partial charge in [-0.2, -0.15) is 0 Å². The lowest BCUT2D eigenvalue weighted by molar-refractivity contribution is 0.0950. The van der Waals surface area contributed by atoms with Gasteiger partial charge in [0.05, 0.1) is 12.8 Å². The predicted octanol–water partition coefficient (Wildman–Crippen LogP) is 2.42. The molecule has 25 heavy (non-hydrogen) atoms. The van der Waals surface area contributed by atoms with Crippen molar-refractivity contribution >= 4 is 22.4 Å². The van der Waals surface area contributed by atoms with Gasteiger partial charge >= 0.3 is 0 Å². The maximum absolute atomic E-state index is 12.2. The molecule has 0 saturated heterocycles. The Balaban J connectivity index is 2.15. The summed E-state index contributed by atoms with van der Waals surface area (Å²) in [4.78, 5) is 25.0. The van der Waals surface area contributed by atoms with Crippen LogP contribution in [0.1, 0.15) is 23.8 Å². The quantitative estimate of drug-likeness (QED) is 0.741. The second-order valence-electron chi connectivity index (χ2n) is 5.46. The Kier molecular flexibility index (Phi) is 4.74. The Hall–Kier alpha value is -3.22. The van der Waals surface area contributed by atoms with E-state index < -0.39 is 0 Å². The summed E-state index contributed by atoms with van der Waals surface area (Å²) >= 11 is 0. The number of benzene rings is 1. The first-order valence-electron chi connectivity index (χ1n) is 7.98. The zero-order valence-corrected chi connectivity index (χ0v) is 14.1. The number of carbonyl (C=O) groups is 1. The van der Waals surface area contributed by atoms with Gasteiger partial charge in [0, 0.05) is 41.5 Å². The first-order chi connectivity index (χ1) is 12.2. The Morgan fingerprint density at radius 2 is 2.00 bits per heavy atom. The molecule has 2 aromatic heterocycles. The van der Waals surface area contributed by atoms with E-state index in [1.165, 1.54) is 0 Å². The van der Waals surface area contributed by atoms with Crippen LogP contribution in [-0.4, -0.2) is 34.5 Å². The fourth-order valence-electron chi connectivity index (χ4n) is 2.63. The number of rotatable bonds is 5. The minimum Gasteiger partial charge on any atom is -0.479 e. The van der Waals surface area contributed by atoms with Gasteiger partial charge in [0.15, 0.2) is 5.69 Å². The van der Waals surface area contributed by atoms with E-state index >= 15 is 0 Å². The fourth-order valence-corrected chi connectivity index (χ4v) is 2.63. The van der Waals surface area contributed by atoms with E-state index in [2.05, 4.69) is 20.3 Å². The largest absolute Gasteiger partial charge is 0.479 e. The maximum Gasteiger partial charge on any atom is 0.272 e. The maximum atomic E-state index is 12.2. The smallest absolute Gasteiger partial charge is 0.272 e. The molecule has 3 rings (SSSR count). The van der Waals surface area contributed by atoms with Crippen molar-refractivity contribution in [3.63, 3.8) is 0 Å². The third kappa shape index (κ3) is 3.08. The third-order valence-electron chi connectivity index (χ3n) is 3.84. The van der Waals surface area contributed by atoms with Gasteiger partial charge in [-0.1, -0.05) is 25.1 Å². The minimum atomic E-state index is -0.274. The number of nitrogen functional groups attached to an aromatic ring is 1. The molecule has 0 bridgehead atoms. The summed E-state index contributed by atoms with van der Waals surface area (Å²) < 4.78 is 5.30. The normalized spacial score (nSPS) is 10.6. The van der Waals surface area contributed by atoms with Gasteiger partial charge in [-0.15, -0.1) is 0 Å². The van der Waals surface area contributed by atoms with E-state index in [0.717, 1.165) is 22.8 Å². The highest BCUT2D eigenvalue weighted by Gasteiger charge is 2.17. The number of pyridine rings is 1. The molecular formula is C18H19N5O2. The number of hydrogen-bond acceptors (Lipinski definition) is 6. The van der Waals surface area contributed by atoms with Crippen LogP contribution < -0.4 is 15.8 Å². The number of nitrogens with two attached hydrogens (primary N) is 1. The third-order valence-corrected chi connectivity index (χ3v) is 3.84. The van der Waals surface area contributed by atoms with Crippen LogP contribution in [0.5, 0.6) is 5.88 Å². The monoisotopic (exact) mass is 337 g/mol. The second-order valence-corrected chi connectivity index (χ2v) is 5.46. The zero-order valence-electron chi connectivity index (χ0n) is 14.1. The minimum absolute atomic E-state index is 0.226. The number of nitrogens with zero attached hydrogens (tertiary/aromatic N) is 3. The molecule has 0 aliphatic rings. The standard InChI is InChI=1S/C18H19N5O2/c1-3-7-21-17(24)16-14(19)11-5-4-6-12(13(11)10-23-16)15-18(25-2)22-9-8-20-15/h4-6,8-10H,3,7,19H2,1-2H3,(H,21,24). The number of nitrogens with one attached hydrogen (secondary N) is 1. The molecule has 0 radical (unpaired) electrons. The number of ether oxygens (including phenoxy) is 1. The van der Waals surface area contributed by atoms with Crippen LogP contribution in [0, 0.1) is 0 Å². The van der Waals surface area contributed by atoms with Gasteiger partial charge in [0.2, 0.25) is 5.88 Å². The van der Waals surface area contributed by atoms with Crippen LogP contribution in [-0.2, 0) is 0 Å². The summed E-state index contributed by atoms with van der Waals surface area (Å²) in [7, 11) is 1.54. The van der Waals surface area contributed by atoms with E-state index in [9.17, 15) is 4.79 Å². The number of carbonyl (C=O) groups excluding carboxylic acids is 1. The molecular weight excluding hydrogens is 318 g/mol. The molecule has 0 aliphatic carbocycles. The van der Waals surface area contributed by atoms with E-state index in [0.29, 0.717) is 23.8 Å². The molecule has 0 aliphatic heterocycles. The molecule has 0 atom stereocenters. The SMILES string of the molecule is CCCNC(=O)c1ncc2c(-c3nccnc3OC)cccc2c1N. The molecule has 7 heteroatoms. The van der Waals surface area contributed by atoms with Crippen molar-refractivity contribution in [3.8, 4) is 17.1 Å². The number of aromatic nitrogens is 3. The summed E-state index contributed by atoms with van der Waals surface area (Å²) in [6, 6.07) is 5.61. The van der Waals surface area contributed by atoms with Crippen LogP contribution in [0.15, 0.2) is 36.8 Å². The zero-order chi connectivity index (χ0) is 17.8. The molecule has 2 heterocycles. The van der Waals surface area contributed by atoms with Gasteiger partial charge in [-0.3, -0.25) is 4.79 Å². The summed E-state index contributed by atoms with van der Waals surface area (Å²) in [5.41, 5.74) is 8.18. The first-order valence-corrected chi connectivity index (χ1v) is 7.98. The van der Waals surface area contributed by atoms with Crippen LogP contribution in [0.2, 0.25) is 0 Å². The van der Waals surface area contributed by atoms with E-state index in [1.54, 1.807) is 25.7 Å². The fraction of sp³-hybridized carbons (Fsp3) is 0.222. The summed E-state index contributed by atoms with van der Waals surface area (Å²) in [6.07, 6.45) is 5.64. The van der Waals surface area contributed by atoms with Crippen molar-refractivity contribution in [2.45, 2.75) is 13.3 Å². The van der Waals surface area contributed by atoms with Crippen LogP contribution >= 0.6 is 0 Å². The lowest BCUT2D eigenvalue weighted by Crippen LogP contribution is -2.26. The number of hydrogen-bond donors (Lipinski definition) is 2. The predicted molar refractivity (Wildman–Crippen MR) is 96.4 cm³/mol. The summed E-state index contributed by atoms with van der Waals surface area (Å²) in [5.74, 6) is 0.141.